The molecule has 2 rings (SSSR count). The molecule has 1 amide bonds. The van der Waals surface area contributed by atoms with E-state index < -0.39 is 52.7 Å². The maximum Gasteiger partial charge on any atom is 0.384 e. The summed E-state index contributed by atoms with van der Waals surface area (Å²) in [6.07, 6.45) is 0. The van der Waals surface area contributed by atoms with Gasteiger partial charge in [0, 0.05) is 0 Å². The second kappa shape index (κ2) is 5.44. The number of benzene rings is 1. The van der Waals surface area contributed by atoms with Crippen molar-refractivity contribution < 1.29 is 57.5 Å². The van der Waals surface area contributed by atoms with Crippen LogP contribution in [-0.2, 0) is 4.79 Å². The summed E-state index contributed by atoms with van der Waals surface area (Å²) in [4.78, 5) is 11.5. The first-order valence-electron chi connectivity index (χ1n) is 6.55. The fourth-order valence-electron chi connectivity index (χ4n) is 2.28. The van der Waals surface area contributed by atoms with Crippen LogP contribution in [0.15, 0.2) is 24.3 Å². The molecule has 14 heteroatoms. The summed E-state index contributed by atoms with van der Waals surface area (Å²) in [5.41, 5.74) is -8.20. The molecule has 1 fully saturated rings. The van der Waals surface area contributed by atoms with Crippen molar-refractivity contribution in [3.05, 3.63) is 30.1 Å². The van der Waals surface area contributed by atoms with Gasteiger partial charge in [0.15, 0.2) is 0 Å². The summed E-state index contributed by atoms with van der Waals surface area (Å²) in [7, 11) is 0. The monoisotopic (exact) mass is 419 g/mol. The van der Waals surface area contributed by atoms with Crippen molar-refractivity contribution in [1.29, 1.82) is 0 Å². The normalized spacial score (nSPS) is 26.2. The Morgan fingerprint density at radius 1 is 0.667 bits per heavy atom. The Morgan fingerprint density at radius 2 is 1.04 bits per heavy atom. The van der Waals surface area contributed by atoms with Gasteiger partial charge in [-0.15, -0.1) is 0 Å². The summed E-state index contributed by atoms with van der Waals surface area (Å²) in [5.74, 6) is -42.0. The highest BCUT2D eigenvalue weighted by atomic mass is 19.4. The molecule has 0 aromatic heterocycles. The van der Waals surface area contributed by atoms with E-state index >= 15 is 0 Å². The van der Waals surface area contributed by atoms with Gasteiger partial charge in [0.25, 0.3) is 5.91 Å². The Hall–Kier alpha value is -2.15. The van der Waals surface area contributed by atoms with Crippen molar-refractivity contribution in [2.75, 3.05) is 5.32 Å². The van der Waals surface area contributed by atoms with Crippen molar-refractivity contribution in [3.63, 3.8) is 0 Å². The Balaban J connectivity index is 2.71. The molecule has 0 aliphatic heterocycles. The summed E-state index contributed by atoms with van der Waals surface area (Å²) in [6, 6.07) is 2.65. The zero-order chi connectivity index (χ0) is 21.3. The first-order valence-corrected chi connectivity index (χ1v) is 6.55. The molecular weight excluding hydrogens is 414 g/mol. The predicted octanol–water partition coefficient (Wildman–Crippen LogP) is 4.66. The second-order valence-electron chi connectivity index (χ2n) is 5.46. The standard InChI is InChI=1S/C13H5F12NO/c14-5-3-1-2-4-6(5)26-7(27)8(15)9(16,17)11(20,21)13(24,25)12(22,23)10(8,18)19/h1-4H,(H,26,27). The average molecular weight is 419 g/mol. The smallest absolute Gasteiger partial charge is 0.320 e. The van der Waals surface area contributed by atoms with Crippen LogP contribution < -0.4 is 5.32 Å². The number of hydrogen-bond donors (Lipinski definition) is 1. The van der Waals surface area contributed by atoms with Gasteiger partial charge in [-0.2, -0.15) is 43.9 Å². The van der Waals surface area contributed by atoms with Gasteiger partial charge >= 0.3 is 35.3 Å². The molecule has 1 N–H and O–H groups in total. The lowest BCUT2D eigenvalue weighted by Gasteiger charge is -2.51. The van der Waals surface area contributed by atoms with E-state index in [0.29, 0.717) is 17.4 Å². The minimum Gasteiger partial charge on any atom is -0.320 e. The summed E-state index contributed by atoms with van der Waals surface area (Å²) in [5, 5.41) is 0.674. The molecule has 0 radical (unpaired) electrons. The molecule has 2 nitrogen and oxygen atoms in total. The third kappa shape index (κ3) is 2.15. The van der Waals surface area contributed by atoms with Crippen LogP contribution in [-0.4, -0.2) is 41.2 Å². The van der Waals surface area contributed by atoms with Crippen molar-refractivity contribution in [1.82, 2.24) is 0 Å². The quantitative estimate of drug-likeness (QED) is 0.695. The summed E-state index contributed by atoms with van der Waals surface area (Å²) >= 11 is 0. The van der Waals surface area contributed by atoms with E-state index in [4.69, 9.17) is 0 Å². The van der Waals surface area contributed by atoms with Gasteiger partial charge in [-0.3, -0.25) is 4.79 Å². The van der Waals surface area contributed by atoms with Crippen LogP contribution in [0.2, 0.25) is 0 Å². The Morgan fingerprint density at radius 3 is 1.44 bits per heavy atom. The van der Waals surface area contributed by atoms with Crippen molar-refractivity contribution >= 4 is 11.6 Å². The van der Waals surface area contributed by atoms with E-state index in [0.717, 1.165) is 12.1 Å². The van der Waals surface area contributed by atoms with Gasteiger partial charge in [-0.25, -0.2) is 8.78 Å². The van der Waals surface area contributed by atoms with Crippen molar-refractivity contribution in [2.45, 2.75) is 35.3 Å². The first kappa shape index (κ1) is 21.2. The van der Waals surface area contributed by atoms with Crippen LogP contribution in [0.4, 0.5) is 58.4 Å². The van der Waals surface area contributed by atoms with Crippen LogP contribution in [0.25, 0.3) is 0 Å². The van der Waals surface area contributed by atoms with Gasteiger partial charge in [-0.05, 0) is 12.1 Å². The zero-order valence-corrected chi connectivity index (χ0v) is 12.3. The fourth-order valence-corrected chi connectivity index (χ4v) is 2.28. The molecule has 0 unspecified atom stereocenters. The molecule has 27 heavy (non-hydrogen) atoms. The predicted molar refractivity (Wildman–Crippen MR) is 63.6 cm³/mol. The van der Waals surface area contributed by atoms with E-state index in [1.165, 1.54) is 0 Å². The minimum absolute atomic E-state index is 0.445. The number of carbonyl (C=O) groups is 1. The molecule has 0 spiro atoms. The number of para-hydroxylation sites is 1. The van der Waals surface area contributed by atoms with Gasteiger partial charge in [0.05, 0.1) is 5.69 Å². The second-order valence-corrected chi connectivity index (χ2v) is 5.46. The topological polar surface area (TPSA) is 29.1 Å². The third-order valence-electron chi connectivity index (χ3n) is 3.88. The fraction of sp³-hybridized carbons (Fsp3) is 0.462. The van der Waals surface area contributed by atoms with Crippen LogP contribution in [0.1, 0.15) is 0 Å². The number of alkyl halides is 11. The number of nitrogens with one attached hydrogen (secondary N) is 1. The number of amides is 1. The van der Waals surface area contributed by atoms with Gasteiger partial charge in [0.1, 0.15) is 5.82 Å². The highest BCUT2D eigenvalue weighted by Gasteiger charge is 3.02. The molecule has 152 valence electrons. The van der Waals surface area contributed by atoms with E-state index in [9.17, 15) is 57.5 Å². The van der Waals surface area contributed by atoms with E-state index in [-0.39, 0.29) is 0 Å². The van der Waals surface area contributed by atoms with E-state index in [2.05, 4.69) is 0 Å². The minimum atomic E-state index is -7.43. The lowest BCUT2D eigenvalue weighted by molar-refractivity contribution is -0.475. The molecule has 0 bridgehead atoms. The van der Waals surface area contributed by atoms with Crippen LogP contribution >= 0.6 is 0 Å². The average Bonchev–Trinajstić information content (AvgIpc) is 2.54. The Bertz CT molecular complexity index is 744. The molecule has 1 saturated carbocycles. The van der Waals surface area contributed by atoms with E-state index in [1.54, 1.807) is 0 Å². The maximum atomic E-state index is 14.3. The van der Waals surface area contributed by atoms with Gasteiger partial charge in [-0.1, -0.05) is 12.1 Å². The van der Waals surface area contributed by atoms with Crippen LogP contribution in [0.3, 0.4) is 0 Å². The SMILES string of the molecule is O=C(Nc1ccccc1F)C1(F)C(F)(F)C(F)(F)C(F)(F)C(F)(F)C1(F)F. The Labute approximate surface area is 141 Å². The van der Waals surface area contributed by atoms with Crippen LogP contribution in [0, 0.1) is 5.82 Å². The van der Waals surface area contributed by atoms with E-state index in [1.807, 2.05) is 0 Å². The highest BCUT2D eigenvalue weighted by Crippen LogP contribution is 2.69. The first-order chi connectivity index (χ1) is 11.9. The maximum absolute atomic E-state index is 14.3. The largest absolute Gasteiger partial charge is 0.384 e. The lowest BCUT2D eigenvalue weighted by atomic mass is 9.71. The molecule has 0 heterocycles. The number of rotatable bonds is 2. The molecule has 0 saturated heterocycles. The number of halogens is 12. The van der Waals surface area contributed by atoms with Gasteiger partial charge in [0.2, 0.25) is 0 Å². The van der Waals surface area contributed by atoms with Crippen molar-refractivity contribution in [3.8, 4) is 0 Å². The molecule has 1 aliphatic carbocycles. The zero-order valence-electron chi connectivity index (χ0n) is 12.3. The third-order valence-corrected chi connectivity index (χ3v) is 3.88. The summed E-state index contributed by atoms with van der Waals surface area (Å²) in [6.45, 7) is 0. The Kier molecular flexibility index (Phi) is 4.26. The number of hydrogen-bond acceptors (Lipinski definition) is 1. The van der Waals surface area contributed by atoms with Gasteiger partial charge < -0.3 is 5.32 Å². The molecule has 1 aromatic carbocycles. The molecule has 1 aliphatic rings. The van der Waals surface area contributed by atoms with Crippen LogP contribution in [0.5, 0.6) is 0 Å². The molecule has 1 aromatic rings. The lowest BCUT2D eigenvalue weighted by Crippen LogP contribution is -2.86. The molecular formula is C13H5F12NO. The number of carbonyl (C=O) groups excluding carboxylic acids is 1. The summed E-state index contributed by atoms with van der Waals surface area (Å²) < 4.78 is 161. The number of anilines is 1. The molecule has 0 atom stereocenters. The van der Waals surface area contributed by atoms with Crippen molar-refractivity contribution in [2.24, 2.45) is 0 Å². The highest BCUT2D eigenvalue weighted by molar-refractivity contribution is 5.99.